The molecule has 0 aromatic carbocycles. The summed E-state index contributed by atoms with van der Waals surface area (Å²) in [5, 5.41) is 10.3. The van der Waals surface area contributed by atoms with E-state index in [0.717, 1.165) is 35.3 Å². The Balaban J connectivity index is 1.65. The van der Waals surface area contributed by atoms with E-state index in [2.05, 4.69) is 36.4 Å². The summed E-state index contributed by atoms with van der Waals surface area (Å²) in [7, 11) is 0. The van der Waals surface area contributed by atoms with Crippen molar-refractivity contribution in [2.75, 3.05) is 18.5 Å². The quantitative estimate of drug-likeness (QED) is 0.908. The summed E-state index contributed by atoms with van der Waals surface area (Å²) in [4.78, 5) is 4.06. The third-order valence-electron chi connectivity index (χ3n) is 3.39. The average Bonchev–Trinajstić information content (AvgIpc) is 3.08. The monoisotopic (exact) mass is 322 g/mol. The standard InChI is InChI=1S/C13H15BrN4O/c14-11-8-15-3-1-12(11)16-5-9-2-4-19-13(9)10-6-17-18-7-10/h1,3,6-9,13H,2,4-5H2,(H,15,16)(H,17,18)/t9-,13+/m1/s1. The van der Waals surface area contributed by atoms with Crippen LogP contribution in [0.3, 0.4) is 0 Å². The molecule has 0 aliphatic carbocycles. The summed E-state index contributed by atoms with van der Waals surface area (Å²) >= 11 is 3.49. The van der Waals surface area contributed by atoms with Gasteiger partial charge in [-0.3, -0.25) is 10.1 Å². The number of nitrogens with zero attached hydrogens (tertiary/aromatic N) is 2. The highest BCUT2D eigenvalue weighted by atomic mass is 79.9. The Labute approximate surface area is 119 Å². The van der Waals surface area contributed by atoms with E-state index < -0.39 is 0 Å². The van der Waals surface area contributed by atoms with Crippen molar-refractivity contribution in [3.8, 4) is 0 Å². The van der Waals surface area contributed by atoms with Crippen molar-refractivity contribution in [1.82, 2.24) is 15.2 Å². The lowest BCUT2D eigenvalue weighted by atomic mass is 9.97. The lowest BCUT2D eigenvalue weighted by molar-refractivity contribution is 0.0933. The fraction of sp³-hybridized carbons (Fsp3) is 0.385. The molecule has 2 atom stereocenters. The zero-order valence-electron chi connectivity index (χ0n) is 10.3. The molecular formula is C13H15BrN4O. The van der Waals surface area contributed by atoms with E-state index in [4.69, 9.17) is 4.74 Å². The molecule has 0 spiro atoms. The Bertz CT molecular complexity index is 531. The molecule has 0 unspecified atom stereocenters. The first-order valence-corrected chi connectivity index (χ1v) is 7.07. The van der Waals surface area contributed by atoms with Crippen LogP contribution in [0.25, 0.3) is 0 Å². The van der Waals surface area contributed by atoms with E-state index in [1.165, 1.54) is 0 Å². The Morgan fingerprint density at radius 3 is 3.21 bits per heavy atom. The van der Waals surface area contributed by atoms with E-state index in [0.29, 0.717) is 5.92 Å². The highest BCUT2D eigenvalue weighted by Crippen LogP contribution is 2.34. The zero-order chi connectivity index (χ0) is 13.1. The van der Waals surface area contributed by atoms with Crippen LogP contribution in [0.1, 0.15) is 18.1 Å². The van der Waals surface area contributed by atoms with Crippen molar-refractivity contribution in [2.45, 2.75) is 12.5 Å². The predicted octanol–water partition coefficient (Wildman–Crippen LogP) is 2.76. The van der Waals surface area contributed by atoms with Crippen LogP contribution >= 0.6 is 15.9 Å². The number of hydrogen-bond acceptors (Lipinski definition) is 4. The van der Waals surface area contributed by atoms with Gasteiger partial charge in [0, 0.05) is 43.2 Å². The second-order valence-electron chi connectivity index (χ2n) is 4.61. The molecule has 1 aliphatic rings. The molecule has 2 N–H and O–H groups in total. The van der Waals surface area contributed by atoms with Crippen LogP contribution in [-0.2, 0) is 4.74 Å². The van der Waals surface area contributed by atoms with Gasteiger partial charge in [-0.05, 0) is 28.4 Å². The Morgan fingerprint density at radius 2 is 2.42 bits per heavy atom. The third kappa shape index (κ3) is 2.79. The number of nitrogens with one attached hydrogen (secondary N) is 2. The Kier molecular flexibility index (Phi) is 3.79. The smallest absolute Gasteiger partial charge is 0.0900 e. The molecule has 0 radical (unpaired) electrons. The van der Waals surface area contributed by atoms with Crippen LogP contribution in [0.15, 0.2) is 35.3 Å². The molecule has 100 valence electrons. The summed E-state index contributed by atoms with van der Waals surface area (Å²) < 4.78 is 6.78. The molecule has 1 saturated heterocycles. The second-order valence-corrected chi connectivity index (χ2v) is 5.46. The van der Waals surface area contributed by atoms with Gasteiger partial charge in [-0.25, -0.2) is 0 Å². The minimum absolute atomic E-state index is 0.131. The number of H-pyrrole nitrogens is 1. The van der Waals surface area contributed by atoms with Gasteiger partial charge in [0.05, 0.1) is 22.5 Å². The van der Waals surface area contributed by atoms with Gasteiger partial charge in [0.15, 0.2) is 0 Å². The van der Waals surface area contributed by atoms with Crippen molar-refractivity contribution >= 4 is 21.6 Å². The highest BCUT2D eigenvalue weighted by Gasteiger charge is 2.30. The molecule has 1 aliphatic heterocycles. The van der Waals surface area contributed by atoms with E-state index in [9.17, 15) is 0 Å². The molecule has 0 saturated carbocycles. The van der Waals surface area contributed by atoms with E-state index in [1.807, 2.05) is 18.5 Å². The maximum absolute atomic E-state index is 5.80. The maximum Gasteiger partial charge on any atom is 0.0900 e. The molecule has 2 aromatic heterocycles. The Morgan fingerprint density at radius 1 is 1.47 bits per heavy atom. The molecule has 1 fully saturated rings. The van der Waals surface area contributed by atoms with Crippen LogP contribution in [0.5, 0.6) is 0 Å². The van der Waals surface area contributed by atoms with Crippen LogP contribution in [-0.4, -0.2) is 28.3 Å². The number of anilines is 1. The van der Waals surface area contributed by atoms with Crippen LogP contribution < -0.4 is 5.32 Å². The van der Waals surface area contributed by atoms with Crippen molar-refractivity contribution in [2.24, 2.45) is 5.92 Å². The van der Waals surface area contributed by atoms with Gasteiger partial charge in [0.1, 0.15) is 0 Å². The van der Waals surface area contributed by atoms with Crippen molar-refractivity contribution in [3.63, 3.8) is 0 Å². The summed E-state index contributed by atoms with van der Waals surface area (Å²) in [5.74, 6) is 0.456. The molecule has 5 nitrogen and oxygen atoms in total. The fourth-order valence-electron chi connectivity index (χ4n) is 2.39. The van der Waals surface area contributed by atoms with E-state index in [1.54, 1.807) is 12.4 Å². The number of ether oxygens (including phenoxy) is 1. The lowest BCUT2D eigenvalue weighted by Crippen LogP contribution is -2.17. The van der Waals surface area contributed by atoms with Gasteiger partial charge < -0.3 is 10.1 Å². The molecule has 0 bridgehead atoms. The summed E-state index contributed by atoms with van der Waals surface area (Å²) in [6.45, 7) is 1.68. The first-order valence-electron chi connectivity index (χ1n) is 6.28. The Hall–Kier alpha value is -1.40. The number of hydrogen-bond donors (Lipinski definition) is 2. The van der Waals surface area contributed by atoms with Gasteiger partial charge >= 0.3 is 0 Å². The van der Waals surface area contributed by atoms with Crippen LogP contribution in [0, 0.1) is 5.92 Å². The van der Waals surface area contributed by atoms with Gasteiger partial charge in [-0.1, -0.05) is 0 Å². The van der Waals surface area contributed by atoms with Crippen LogP contribution in [0.4, 0.5) is 5.69 Å². The first-order chi connectivity index (χ1) is 9.34. The molecule has 0 amide bonds. The van der Waals surface area contributed by atoms with Gasteiger partial charge in [0.25, 0.3) is 0 Å². The predicted molar refractivity (Wildman–Crippen MR) is 75.8 cm³/mol. The summed E-state index contributed by atoms with van der Waals surface area (Å²) in [5.41, 5.74) is 2.19. The average molecular weight is 323 g/mol. The summed E-state index contributed by atoms with van der Waals surface area (Å²) in [6, 6.07) is 1.97. The number of aromatic nitrogens is 3. The van der Waals surface area contributed by atoms with E-state index >= 15 is 0 Å². The number of rotatable bonds is 4. The normalized spacial score (nSPS) is 22.6. The van der Waals surface area contributed by atoms with Gasteiger partial charge in [-0.2, -0.15) is 5.10 Å². The first kappa shape index (κ1) is 12.6. The van der Waals surface area contributed by atoms with Crippen LogP contribution in [0.2, 0.25) is 0 Å². The van der Waals surface area contributed by atoms with Crippen molar-refractivity contribution in [3.05, 3.63) is 40.9 Å². The highest BCUT2D eigenvalue weighted by molar-refractivity contribution is 9.10. The SMILES string of the molecule is Brc1cnccc1NC[C@H]1CCO[C@@H]1c1cn[nH]c1. The third-order valence-corrected chi connectivity index (χ3v) is 4.02. The number of halogens is 1. The molecule has 2 aromatic rings. The van der Waals surface area contributed by atoms with Crippen molar-refractivity contribution in [1.29, 1.82) is 0 Å². The zero-order valence-corrected chi connectivity index (χ0v) is 11.9. The molecule has 6 heteroatoms. The second kappa shape index (κ2) is 5.71. The van der Waals surface area contributed by atoms with Gasteiger partial charge in [0.2, 0.25) is 0 Å². The topological polar surface area (TPSA) is 62.8 Å². The minimum Gasteiger partial charge on any atom is -0.384 e. The number of aromatic amines is 1. The summed E-state index contributed by atoms with van der Waals surface area (Å²) in [6.07, 6.45) is 8.52. The largest absolute Gasteiger partial charge is 0.384 e. The number of pyridine rings is 1. The molecule has 3 rings (SSSR count). The molecular weight excluding hydrogens is 308 g/mol. The fourth-order valence-corrected chi connectivity index (χ4v) is 2.78. The lowest BCUT2D eigenvalue weighted by Gasteiger charge is -2.18. The van der Waals surface area contributed by atoms with Gasteiger partial charge in [-0.15, -0.1) is 0 Å². The minimum atomic E-state index is 0.131. The van der Waals surface area contributed by atoms with Crippen molar-refractivity contribution < 1.29 is 4.74 Å². The maximum atomic E-state index is 5.80. The molecule has 3 heterocycles. The molecule has 19 heavy (non-hydrogen) atoms. The van der Waals surface area contributed by atoms with E-state index in [-0.39, 0.29) is 6.10 Å².